The van der Waals surface area contributed by atoms with Crippen LogP contribution in [0.3, 0.4) is 0 Å². The van der Waals surface area contributed by atoms with Crippen molar-refractivity contribution in [2.75, 3.05) is 19.6 Å². The van der Waals surface area contributed by atoms with Gasteiger partial charge in [0.05, 0.1) is 31.5 Å². The van der Waals surface area contributed by atoms with Gasteiger partial charge in [-0.05, 0) is 31.8 Å². The highest BCUT2D eigenvalue weighted by atomic mass is 19.1. The first-order valence-corrected chi connectivity index (χ1v) is 18.0. The Morgan fingerprint density at radius 3 is 2.78 bits per heavy atom. The highest BCUT2D eigenvalue weighted by Gasteiger charge is 2.39. The second-order valence-corrected chi connectivity index (χ2v) is 13.6. The fraction of sp³-hybridized carbons (Fsp3) is 0.486. The Hall–Kier alpha value is -5.58. The first-order chi connectivity index (χ1) is 26.0. The highest BCUT2D eigenvalue weighted by molar-refractivity contribution is 5.95. The maximum absolute atomic E-state index is 14.8. The minimum Gasteiger partial charge on any atom is -0.460 e. The van der Waals surface area contributed by atoms with Crippen molar-refractivity contribution in [3.63, 3.8) is 0 Å². The number of aliphatic hydroxyl groups is 1. The van der Waals surface area contributed by atoms with Gasteiger partial charge in [-0.2, -0.15) is 0 Å². The molecular formula is C37H46FN9O7. The molecule has 3 amide bonds. The second kappa shape index (κ2) is 19.0. The number of alkyl halides is 1. The molecule has 17 heteroatoms. The molecular weight excluding hydrogens is 701 g/mol. The predicted octanol–water partition coefficient (Wildman–Crippen LogP) is 2.54. The highest BCUT2D eigenvalue weighted by Crippen LogP contribution is 2.27. The molecule has 3 aromatic rings. The number of nitrogens with zero attached hydrogens (tertiary/aromatic N) is 7. The van der Waals surface area contributed by atoms with Gasteiger partial charge < -0.3 is 29.8 Å². The van der Waals surface area contributed by atoms with Crippen LogP contribution in [0, 0.1) is 11.8 Å². The van der Waals surface area contributed by atoms with Gasteiger partial charge in [0.15, 0.2) is 11.6 Å². The van der Waals surface area contributed by atoms with E-state index in [2.05, 4.69) is 35.9 Å². The maximum atomic E-state index is 14.8. The Kier molecular flexibility index (Phi) is 13.9. The van der Waals surface area contributed by atoms with E-state index in [-0.39, 0.29) is 62.3 Å². The summed E-state index contributed by atoms with van der Waals surface area (Å²) >= 11 is 0. The topological polar surface area (TPSA) is 208 Å². The van der Waals surface area contributed by atoms with Gasteiger partial charge >= 0.3 is 5.97 Å². The zero-order valence-electron chi connectivity index (χ0n) is 30.5. The average Bonchev–Trinajstić information content (AvgIpc) is 3.92. The number of halogens is 1. The molecule has 54 heavy (non-hydrogen) atoms. The Morgan fingerprint density at radius 1 is 1.17 bits per heavy atom. The van der Waals surface area contributed by atoms with Crippen LogP contribution in [0.25, 0.3) is 11.4 Å². The van der Waals surface area contributed by atoms with Crippen molar-refractivity contribution < 1.29 is 37.8 Å². The molecule has 1 saturated heterocycles. The van der Waals surface area contributed by atoms with E-state index in [4.69, 9.17) is 9.15 Å². The third kappa shape index (κ3) is 11.2. The number of hydrogen-bond donors (Lipinski definition) is 3. The number of carbonyl (C=O) groups excluding carboxylic acids is 4. The van der Waals surface area contributed by atoms with E-state index in [0.29, 0.717) is 36.3 Å². The van der Waals surface area contributed by atoms with E-state index < -0.39 is 48.1 Å². The molecule has 1 fully saturated rings. The molecule has 0 aromatic carbocycles. The first kappa shape index (κ1) is 39.6. The molecule has 5 atom stereocenters. The van der Waals surface area contributed by atoms with Crippen LogP contribution in [0.2, 0.25) is 0 Å². The van der Waals surface area contributed by atoms with Crippen LogP contribution >= 0.6 is 0 Å². The molecule has 0 spiro atoms. The van der Waals surface area contributed by atoms with Crippen molar-refractivity contribution in [1.29, 1.82) is 0 Å². The van der Waals surface area contributed by atoms with Gasteiger partial charge in [-0.15, -0.1) is 5.10 Å². The van der Waals surface area contributed by atoms with Crippen LogP contribution in [-0.4, -0.2) is 108 Å². The van der Waals surface area contributed by atoms with Gasteiger partial charge in [0.2, 0.25) is 11.8 Å². The summed E-state index contributed by atoms with van der Waals surface area (Å²) in [6.07, 6.45) is 12.1. The van der Waals surface area contributed by atoms with Gasteiger partial charge in [0.25, 0.3) is 5.91 Å². The maximum Gasteiger partial charge on any atom is 0.329 e. The summed E-state index contributed by atoms with van der Waals surface area (Å²) in [6.45, 7) is 6.38. The summed E-state index contributed by atoms with van der Waals surface area (Å²) in [7, 11) is 0. The number of carbonyl (C=O) groups is 4. The SMILES string of the molecule is CC1=C\[C@@H](O)C[C@@H](F)Cc2nc(co2)C(=O)N2CCC[C@@H]2C(=O)O[C@H](C(C)C)[C@H](CC(=O)NCCn2cc(-c3cnccn3)nn2)/C=C/C(=O)NC\C=C\1. The predicted molar refractivity (Wildman–Crippen MR) is 192 cm³/mol. The Labute approximate surface area is 312 Å². The summed E-state index contributed by atoms with van der Waals surface area (Å²) in [4.78, 5) is 67.2. The molecule has 0 aliphatic carbocycles. The van der Waals surface area contributed by atoms with E-state index in [0.717, 1.165) is 6.26 Å². The van der Waals surface area contributed by atoms with Crippen molar-refractivity contribution in [2.24, 2.45) is 11.8 Å². The zero-order valence-corrected chi connectivity index (χ0v) is 30.5. The fourth-order valence-electron chi connectivity index (χ4n) is 6.32. The largest absolute Gasteiger partial charge is 0.460 e. The van der Waals surface area contributed by atoms with Crippen molar-refractivity contribution in [1.82, 2.24) is 45.5 Å². The number of allylic oxidation sites excluding steroid dienone is 2. The Bertz CT molecular complexity index is 1840. The van der Waals surface area contributed by atoms with Gasteiger partial charge in [-0.25, -0.2) is 14.2 Å². The van der Waals surface area contributed by atoms with Crippen LogP contribution in [0.5, 0.6) is 0 Å². The number of ether oxygens (including phenoxy) is 1. The minimum absolute atomic E-state index is 0.00745. The second-order valence-electron chi connectivity index (χ2n) is 13.6. The van der Waals surface area contributed by atoms with Gasteiger partial charge in [0, 0.05) is 50.8 Å². The van der Waals surface area contributed by atoms with Crippen molar-refractivity contribution >= 4 is 23.7 Å². The molecule has 2 bridgehead atoms. The van der Waals surface area contributed by atoms with Gasteiger partial charge in [0.1, 0.15) is 36.0 Å². The quantitative estimate of drug-likeness (QED) is 0.298. The first-order valence-electron chi connectivity index (χ1n) is 18.0. The summed E-state index contributed by atoms with van der Waals surface area (Å²) in [5.41, 5.74) is 1.68. The lowest BCUT2D eigenvalue weighted by Gasteiger charge is -2.30. The van der Waals surface area contributed by atoms with E-state index in [1.54, 1.807) is 54.6 Å². The van der Waals surface area contributed by atoms with Gasteiger partial charge in [-0.1, -0.05) is 48.9 Å². The van der Waals surface area contributed by atoms with Crippen LogP contribution < -0.4 is 10.6 Å². The molecule has 2 aliphatic rings. The molecule has 3 aromatic heterocycles. The Morgan fingerprint density at radius 2 is 2.00 bits per heavy atom. The summed E-state index contributed by atoms with van der Waals surface area (Å²) in [5.74, 6) is -3.00. The number of fused-ring (bicyclic) bond motifs is 3. The average molecular weight is 748 g/mol. The lowest BCUT2D eigenvalue weighted by molar-refractivity contribution is -0.159. The zero-order chi connectivity index (χ0) is 38.6. The van der Waals surface area contributed by atoms with Crippen molar-refractivity contribution in [2.45, 2.75) is 83.8 Å². The molecule has 288 valence electrons. The number of rotatable bonds is 7. The normalized spacial score (nSPS) is 25.6. The molecule has 3 N–H and O–H groups in total. The van der Waals surface area contributed by atoms with E-state index >= 15 is 0 Å². The monoisotopic (exact) mass is 747 g/mol. The van der Waals surface area contributed by atoms with E-state index in [1.807, 2.05) is 13.8 Å². The minimum atomic E-state index is -1.50. The summed E-state index contributed by atoms with van der Waals surface area (Å²) in [5, 5.41) is 24.2. The molecule has 5 rings (SSSR count). The molecule has 0 unspecified atom stereocenters. The molecule has 0 saturated carbocycles. The standard InChI is InChI=1S/C37H46FN9O7/c1-23(2)35-25(17-33(50)42-13-15-46-21-29(44-45-46)28-20-39-11-12-40-28)8-9-32(49)41-10-4-6-24(3)16-27(48)18-26(38)19-34-43-30(22-53-34)36(51)47-14-5-7-31(47)37(52)54-35/h4,6,8-9,11-12,16,20-23,25-27,31,35,48H,5,7,10,13-15,17-19H2,1-3H3,(H,41,49)(H,42,50)/b6-4+,9-8+,24-16+/t25-,26+,27+,31+,35+/m0/s1. The molecule has 5 heterocycles. The number of amides is 3. The lowest BCUT2D eigenvalue weighted by atomic mass is 9.89. The van der Waals surface area contributed by atoms with E-state index in [9.17, 15) is 28.7 Å². The van der Waals surface area contributed by atoms with Crippen molar-refractivity contribution in [3.05, 3.63) is 78.6 Å². The fourth-order valence-corrected chi connectivity index (χ4v) is 6.32. The number of aliphatic hydroxyl groups excluding tert-OH is 1. The number of hydrogen-bond acceptors (Lipinski definition) is 12. The molecule has 2 aliphatic heterocycles. The van der Waals surface area contributed by atoms with Crippen LogP contribution in [0.15, 0.2) is 71.4 Å². The summed E-state index contributed by atoms with van der Waals surface area (Å²) < 4.78 is 27.9. The van der Waals surface area contributed by atoms with Crippen LogP contribution in [0.4, 0.5) is 4.39 Å². The molecule has 0 radical (unpaired) electrons. The van der Waals surface area contributed by atoms with Crippen molar-refractivity contribution in [3.8, 4) is 11.4 Å². The van der Waals surface area contributed by atoms with Crippen LogP contribution in [-0.2, 0) is 32.1 Å². The van der Waals surface area contributed by atoms with Gasteiger partial charge in [-0.3, -0.25) is 29.0 Å². The Balaban J connectivity index is 1.32. The summed E-state index contributed by atoms with van der Waals surface area (Å²) in [6, 6.07) is -0.928. The lowest BCUT2D eigenvalue weighted by Crippen LogP contribution is -2.44. The number of esters is 1. The molecule has 16 nitrogen and oxygen atoms in total. The number of oxazole rings is 1. The smallest absolute Gasteiger partial charge is 0.329 e. The number of cyclic esters (lactones) is 1. The third-order valence-electron chi connectivity index (χ3n) is 8.95. The third-order valence-corrected chi connectivity index (χ3v) is 8.95. The number of aromatic nitrogens is 6. The van der Waals surface area contributed by atoms with E-state index in [1.165, 1.54) is 17.1 Å². The van der Waals surface area contributed by atoms with Crippen LogP contribution in [0.1, 0.15) is 62.8 Å². The number of nitrogens with one attached hydrogen (secondary N) is 2.